The number of carboxylic acids is 1. The van der Waals surface area contributed by atoms with Crippen LogP contribution in [0.3, 0.4) is 0 Å². The molecule has 0 spiro atoms. The number of aliphatic carboxylic acids is 1. The Hall–Kier alpha value is -1.14. The number of amides is 1. The predicted molar refractivity (Wildman–Crippen MR) is 75.2 cm³/mol. The van der Waals surface area contributed by atoms with Gasteiger partial charge in [-0.1, -0.05) is 13.8 Å². The highest BCUT2D eigenvalue weighted by atomic mass is 16.7. The van der Waals surface area contributed by atoms with E-state index in [9.17, 15) is 14.7 Å². The molecule has 118 valence electrons. The maximum Gasteiger partial charge on any atom is 0.310 e. The standard InChI is InChI=1S/C14H27NO5/c1-6-19-12(20-7-2)9-15-11(16)8-14(5,10(3)4)13(17)18/h10,12H,6-9H2,1-5H3,(H,15,16)(H,17,18). The van der Waals surface area contributed by atoms with Crippen molar-refractivity contribution in [3.63, 3.8) is 0 Å². The molecular weight excluding hydrogens is 262 g/mol. The van der Waals surface area contributed by atoms with E-state index in [1.165, 1.54) is 0 Å². The topological polar surface area (TPSA) is 84.9 Å². The second-order valence-corrected chi connectivity index (χ2v) is 5.20. The highest BCUT2D eigenvalue weighted by Gasteiger charge is 2.38. The van der Waals surface area contributed by atoms with Crippen molar-refractivity contribution in [1.29, 1.82) is 0 Å². The molecule has 0 heterocycles. The van der Waals surface area contributed by atoms with Gasteiger partial charge in [0.1, 0.15) is 0 Å². The van der Waals surface area contributed by atoms with Crippen molar-refractivity contribution in [2.45, 2.75) is 47.3 Å². The van der Waals surface area contributed by atoms with Crippen LogP contribution >= 0.6 is 0 Å². The summed E-state index contributed by atoms with van der Waals surface area (Å²) < 4.78 is 10.6. The third kappa shape index (κ3) is 5.88. The van der Waals surface area contributed by atoms with Crippen molar-refractivity contribution < 1.29 is 24.2 Å². The number of rotatable bonds is 10. The van der Waals surface area contributed by atoms with E-state index >= 15 is 0 Å². The number of nitrogens with one attached hydrogen (secondary N) is 1. The molecule has 0 bridgehead atoms. The summed E-state index contributed by atoms with van der Waals surface area (Å²) in [6, 6.07) is 0. The van der Waals surface area contributed by atoms with Gasteiger partial charge in [0.25, 0.3) is 0 Å². The minimum absolute atomic E-state index is 0.0645. The van der Waals surface area contributed by atoms with Gasteiger partial charge < -0.3 is 19.9 Å². The van der Waals surface area contributed by atoms with E-state index in [2.05, 4.69) is 5.32 Å². The molecule has 1 amide bonds. The van der Waals surface area contributed by atoms with Gasteiger partial charge >= 0.3 is 5.97 Å². The fourth-order valence-electron chi connectivity index (χ4n) is 1.66. The lowest BCUT2D eigenvalue weighted by atomic mass is 9.76. The van der Waals surface area contributed by atoms with Gasteiger partial charge in [-0.15, -0.1) is 0 Å². The average molecular weight is 289 g/mol. The summed E-state index contributed by atoms with van der Waals surface area (Å²) in [5.74, 6) is -1.41. The normalized spacial score (nSPS) is 14.3. The van der Waals surface area contributed by atoms with E-state index in [0.29, 0.717) is 13.2 Å². The molecule has 20 heavy (non-hydrogen) atoms. The number of carbonyl (C=O) groups excluding carboxylic acids is 1. The maximum absolute atomic E-state index is 11.9. The van der Waals surface area contributed by atoms with Crippen LogP contribution in [-0.4, -0.2) is 43.0 Å². The minimum atomic E-state index is -1.07. The lowest BCUT2D eigenvalue weighted by Crippen LogP contribution is -2.41. The van der Waals surface area contributed by atoms with E-state index in [1.807, 2.05) is 13.8 Å². The number of carboxylic acid groups (broad SMARTS) is 1. The van der Waals surface area contributed by atoms with Gasteiger partial charge in [0.2, 0.25) is 5.91 Å². The lowest BCUT2D eigenvalue weighted by molar-refractivity contribution is -0.154. The summed E-state index contributed by atoms with van der Waals surface area (Å²) >= 11 is 0. The average Bonchev–Trinajstić information content (AvgIpc) is 2.35. The van der Waals surface area contributed by atoms with E-state index in [1.54, 1.807) is 20.8 Å². The molecule has 0 fully saturated rings. The van der Waals surface area contributed by atoms with Gasteiger partial charge in [-0.2, -0.15) is 0 Å². The van der Waals surface area contributed by atoms with Crippen LogP contribution in [0.4, 0.5) is 0 Å². The first-order chi connectivity index (χ1) is 9.27. The Kier molecular flexibility index (Phi) is 8.41. The van der Waals surface area contributed by atoms with Crippen molar-refractivity contribution in [3.8, 4) is 0 Å². The molecular formula is C14H27NO5. The molecule has 6 nitrogen and oxygen atoms in total. The number of ether oxygens (including phenoxy) is 2. The first-order valence-corrected chi connectivity index (χ1v) is 7.01. The maximum atomic E-state index is 11.9. The molecule has 0 aliphatic carbocycles. The zero-order valence-corrected chi connectivity index (χ0v) is 13.1. The van der Waals surface area contributed by atoms with Crippen molar-refractivity contribution >= 4 is 11.9 Å². The van der Waals surface area contributed by atoms with Gasteiger partial charge in [0, 0.05) is 19.6 Å². The molecule has 2 N–H and O–H groups in total. The SMILES string of the molecule is CCOC(CNC(=O)CC(C)(C(=O)O)C(C)C)OCC. The van der Waals surface area contributed by atoms with E-state index in [0.717, 1.165) is 0 Å². The third-order valence-corrected chi connectivity index (χ3v) is 3.46. The Morgan fingerprint density at radius 1 is 1.20 bits per heavy atom. The molecule has 0 saturated carbocycles. The molecule has 0 aromatic heterocycles. The quantitative estimate of drug-likeness (QED) is 0.597. The van der Waals surface area contributed by atoms with Crippen LogP contribution in [0, 0.1) is 11.3 Å². The Labute approximate surface area is 120 Å². The predicted octanol–water partition coefficient (Wildman–Crippen LogP) is 1.64. The van der Waals surface area contributed by atoms with E-state index in [4.69, 9.17) is 9.47 Å². The first kappa shape index (κ1) is 18.9. The van der Waals surface area contributed by atoms with Gasteiger partial charge in [-0.05, 0) is 26.7 Å². The molecule has 0 aliphatic heterocycles. The van der Waals surface area contributed by atoms with Gasteiger partial charge in [0.05, 0.1) is 12.0 Å². The highest BCUT2D eigenvalue weighted by molar-refractivity contribution is 5.84. The Morgan fingerprint density at radius 3 is 2.05 bits per heavy atom. The van der Waals surface area contributed by atoms with Crippen molar-refractivity contribution in [2.24, 2.45) is 11.3 Å². The molecule has 0 saturated heterocycles. The van der Waals surface area contributed by atoms with Gasteiger partial charge in [0.15, 0.2) is 6.29 Å². The zero-order valence-electron chi connectivity index (χ0n) is 13.1. The summed E-state index contributed by atoms with van der Waals surface area (Å²) in [7, 11) is 0. The summed E-state index contributed by atoms with van der Waals surface area (Å²) in [6.45, 7) is 10.0. The Morgan fingerprint density at radius 2 is 1.70 bits per heavy atom. The number of carbonyl (C=O) groups is 2. The largest absolute Gasteiger partial charge is 0.481 e. The fourth-order valence-corrected chi connectivity index (χ4v) is 1.66. The van der Waals surface area contributed by atoms with Crippen molar-refractivity contribution in [2.75, 3.05) is 19.8 Å². The van der Waals surface area contributed by atoms with E-state index < -0.39 is 17.7 Å². The van der Waals surface area contributed by atoms with Crippen LogP contribution in [0.2, 0.25) is 0 Å². The summed E-state index contributed by atoms with van der Waals surface area (Å²) in [5, 5.41) is 11.9. The number of hydrogen-bond donors (Lipinski definition) is 2. The monoisotopic (exact) mass is 289 g/mol. The van der Waals surface area contributed by atoms with Crippen molar-refractivity contribution in [1.82, 2.24) is 5.32 Å². The third-order valence-electron chi connectivity index (χ3n) is 3.46. The molecule has 0 rings (SSSR count). The highest BCUT2D eigenvalue weighted by Crippen LogP contribution is 2.31. The Balaban J connectivity index is 4.43. The Bertz CT molecular complexity index is 313. The second kappa shape index (κ2) is 8.92. The van der Waals surface area contributed by atoms with Gasteiger partial charge in [-0.3, -0.25) is 9.59 Å². The molecule has 0 radical (unpaired) electrons. The zero-order chi connectivity index (χ0) is 15.8. The molecule has 1 unspecified atom stereocenters. The number of hydrogen-bond acceptors (Lipinski definition) is 4. The van der Waals surface area contributed by atoms with Crippen LogP contribution in [-0.2, 0) is 19.1 Å². The summed E-state index contributed by atoms with van der Waals surface area (Å²) in [4.78, 5) is 23.2. The van der Waals surface area contributed by atoms with Crippen LogP contribution < -0.4 is 5.32 Å². The summed E-state index contributed by atoms with van der Waals surface area (Å²) in [6.07, 6.45) is -0.561. The van der Waals surface area contributed by atoms with Gasteiger partial charge in [-0.25, -0.2) is 0 Å². The smallest absolute Gasteiger partial charge is 0.310 e. The molecule has 6 heteroatoms. The molecule has 0 aromatic carbocycles. The van der Waals surface area contributed by atoms with E-state index in [-0.39, 0.29) is 24.8 Å². The molecule has 0 aromatic rings. The van der Waals surface area contributed by atoms with Crippen LogP contribution in [0.15, 0.2) is 0 Å². The van der Waals surface area contributed by atoms with Crippen LogP contribution in [0.5, 0.6) is 0 Å². The lowest BCUT2D eigenvalue weighted by Gasteiger charge is -2.28. The fraction of sp³-hybridized carbons (Fsp3) is 0.857. The second-order valence-electron chi connectivity index (χ2n) is 5.20. The van der Waals surface area contributed by atoms with Crippen LogP contribution in [0.25, 0.3) is 0 Å². The molecule has 1 atom stereocenters. The molecule has 0 aliphatic rings. The van der Waals surface area contributed by atoms with Crippen molar-refractivity contribution in [3.05, 3.63) is 0 Å². The first-order valence-electron chi connectivity index (χ1n) is 7.01. The minimum Gasteiger partial charge on any atom is -0.481 e. The summed E-state index contributed by atoms with van der Waals surface area (Å²) in [5.41, 5.74) is -1.07. The van der Waals surface area contributed by atoms with Crippen LogP contribution in [0.1, 0.15) is 41.0 Å².